The van der Waals surface area contributed by atoms with Gasteiger partial charge in [0.1, 0.15) is 5.82 Å². The first-order valence-corrected chi connectivity index (χ1v) is 6.11. The monoisotopic (exact) mass is 256 g/mol. The molecule has 0 saturated carbocycles. The Labute approximate surface area is 112 Å². The maximum Gasteiger partial charge on any atom is 0.252 e. The zero-order chi connectivity index (χ0) is 13.5. The van der Waals surface area contributed by atoms with Gasteiger partial charge in [-0.15, -0.1) is 0 Å². The lowest BCUT2D eigenvalue weighted by Gasteiger charge is -2.05. The third-order valence-electron chi connectivity index (χ3n) is 2.67. The summed E-state index contributed by atoms with van der Waals surface area (Å²) >= 11 is 0. The van der Waals surface area contributed by atoms with Gasteiger partial charge in [0.2, 0.25) is 0 Å². The topological polar surface area (TPSA) is 66.9 Å². The van der Waals surface area contributed by atoms with Gasteiger partial charge in [0, 0.05) is 38.1 Å². The van der Waals surface area contributed by atoms with E-state index in [4.69, 9.17) is 0 Å². The number of carbonyl (C=O) groups excluding carboxylic acids is 1. The number of aromatic nitrogens is 2. The molecule has 98 valence electrons. The van der Waals surface area contributed by atoms with E-state index in [1.807, 2.05) is 18.2 Å². The molecule has 1 amide bonds. The molecule has 2 aromatic rings. The fourth-order valence-electron chi connectivity index (χ4n) is 1.63. The normalized spacial score (nSPS) is 9.95. The smallest absolute Gasteiger partial charge is 0.252 e. The zero-order valence-corrected chi connectivity index (χ0v) is 10.8. The lowest BCUT2D eigenvalue weighted by atomic mass is 10.2. The van der Waals surface area contributed by atoms with Crippen LogP contribution >= 0.6 is 0 Å². The highest BCUT2D eigenvalue weighted by molar-refractivity contribution is 5.94. The number of hydrogen-bond acceptors (Lipinski definition) is 4. The minimum absolute atomic E-state index is 0.119. The fourth-order valence-corrected chi connectivity index (χ4v) is 1.63. The number of amides is 1. The molecule has 2 aromatic heterocycles. The first-order chi connectivity index (χ1) is 9.29. The average molecular weight is 256 g/mol. The molecule has 0 aliphatic heterocycles. The van der Waals surface area contributed by atoms with Crippen molar-refractivity contribution in [3.63, 3.8) is 0 Å². The van der Waals surface area contributed by atoms with Gasteiger partial charge >= 0.3 is 0 Å². The molecule has 2 N–H and O–H groups in total. The molecule has 5 heteroatoms. The first-order valence-electron chi connectivity index (χ1n) is 6.11. The Hall–Kier alpha value is -2.43. The molecule has 2 rings (SSSR count). The number of nitrogens with zero attached hydrogens (tertiary/aromatic N) is 2. The van der Waals surface area contributed by atoms with Crippen LogP contribution in [-0.2, 0) is 6.42 Å². The second-order valence-corrected chi connectivity index (χ2v) is 4.01. The van der Waals surface area contributed by atoms with E-state index in [9.17, 15) is 4.79 Å². The Morgan fingerprint density at radius 3 is 2.74 bits per heavy atom. The highest BCUT2D eigenvalue weighted by Gasteiger charge is 2.05. The van der Waals surface area contributed by atoms with Crippen LogP contribution in [0.4, 0.5) is 5.82 Å². The summed E-state index contributed by atoms with van der Waals surface area (Å²) in [4.78, 5) is 20.1. The summed E-state index contributed by atoms with van der Waals surface area (Å²) in [5.41, 5.74) is 1.52. The van der Waals surface area contributed by atoms with Crippen molar-refractivity contribution in [2.45, 2.75) is 6.42 Å². The van der Waals surface area contributed by atoms with Crippen molar-refractivity contribution in [1.82, 2.24) is 15.3 Å². The number of pyridine rings is 2. The summed E-state index contributed by atoms with van der Waals surface area (Å²) in [5.74, 6) is 0.621. The predicted molar refractivity (Wildman–Crippen MR) is 74.1 cm³/mol. The van der Waals surface area contributed by atoms with Crippen LogP contribution in [0.3, 0.4) is 0 Å². The van der Waals surface area contributed by atoms with Crippen LogP contribution in [0.5, 0.6) is 0 Å². The number of nitrogens with one attached hydrogen (secondary N) is 2. The molecular formula is C14H16N4O. The second kappa shape index (κ2) is 6.49. The van der Waals surface area contributed by atoms with E-state index in [1.54, 1.807) is 31.6 Å². The van der Waals surface area contributed by atoms with Crippen LogP contribution in [0.25, 0.3) is 0 Å². The summed E-state index contributed by atoms with van der Waals surface area (Å²) in [7, 11) is 1.79. The Morgan fingerprint density at radius 1 is 1.21 bits per heavy atom. The van der Waals surface area contributed by atoms with Crippen molar-refractivity contribution in [2.75, 3.05) is 18.9 Å². The highest BCUT2D eigenvalue weighted by Crippen LogP contribution is 2.03. The van der Waals surface area contributed by atoms with E-state index in [0.29, 0.717) is 18.5 Å². The van der Waals surface area contributed by atoms with Gasteiger partial charge in [-0.25, -0.2) is 4.98 Å². The largest absolute Gasteiger partial charge is 0.373 e. The van der Waals surface area contributed by atoms with Crippen LogP contribution in [0.2, 0.25) is 0 Å². The van der Waals surface area contributed by atoms with Crippen molar-refractivity contribution in [3.8, 4) is 0 Å². The number of carbonyl (C=O) groups is 1. The summed E-state index contributed by atoms with van der Waals surface area (Å²) in [6.07, 6.45) is 4.02. The van der Waals surface area contributed by atoms with Crippen LogP contribution in [0.1, 0.15) is 16.1 Å². The molecule has 0 radical (unpaired) electrons. The van der Waals surface area contributed by atoms with Gasteiger partial charge in [0.15, 0.2) is 0 Å². The van der Waals surface area contributed by atoms with E-state index in [2.05, 4.69) is 20.6 Å². The lowest BCUT2D eigenvalue weighted by molar-refractivity contribution is 0.0954. The number of hydrogen-bond donors (Lipinski definition) is 2. The molecule has 5 nitrogen and oxygen atoms in total. The van der Waals surface area contributed by atoms with Gasteiger partial charge in [0.25, 0.3) is 5.91 Å². The summed E-state index contributed by atoms with van der Waals surface area (Å²) in [5, 5.41) is 5.75. The maximum atomic E-state index is 11.8. The lowest BCUT2D eigenvalue weighted by Crippen LogP contribution is -2.26. The van der Waals surface area contributed by atoms with Gasteiger partial charge in [-0.05, 0) is 24.3 Å². The molecule has 0 saturated heterocycles. The Bertz CT molecular complexity index is 525. The van der Waals surface area contributed by atoms with Crippen molar-refractivity contribution < 1.29 is 4.79 Å². The summed E-state index contributed by atoms with van der Waals surface area (Å²) in [6, 6.07) is 9.26. The molecule has 0 atom stereocenters. The van der Waals surface area contributed by atoms with E-state index >= 15 is 0 Å². The molecular weight excluding hydrogens is 240 g/mol. The van der Waals surface area contributed by atoms with Crippen LogP contribution in [0, 0.1) is 0 Å². The first kappa shape index (κ1) is 13.0. The molecule has 0 aliphatic carbocycles. The SMILES string of the molecule is CNc1ccc(C(=O)NCCc2ccccn2)cn1. The third kappa shape index (κ3) is 3.77. The van der Waals surface area contributed by atoms with E-state index in [1.165, 1.54) is 0 Å². The van der Waals surface area contributed by atoms with Crippen LogP contribution in [0.15, 0.2) is 42.7 Å². The maximum absolute atomic E-state index is 11.8. The molecule has 2 heterocycles. The minimum atomic E-state index is -0.119. The Kier molecular flexibility index (Phi) is 4.44. The molecule has 0 aromatic carbocycles. The van der Waals surface area contributed by atoms with E-state index < -0.39 is 0 Å². The van der Waals surface area contributed by atoms with E-state index in [-0.39, 0.29) is 5.91 Å². The quantitative estimate of drug-likeness (QED) is 0.850. The highest BCUT2D eigenvalue weighted by atomic mass is 16.1. The standard InChI is InChI=1S/C14H16N4O/c1-15-13-6-5-11(10-18-13)14(19)17-9-7-12-4-2-3-8-16-12/h2-6,8,10H,7,9H2,1H3,(H,15,18)(H,17,19). The predicted octanol–water partition coefficient (Wildman–Crippen LogP) is 1.49. The molecule has 19 heavy (non-hydrogen) atoms. The fraction of sp³-hybridized carbons (Fsp3) is 0.214. The van der Waals surface area contributed by atoms with Gasteiger partial charge in [0.05, 0.1) is 5.56 Å². The number of rotatable bonds is 5. The van der Waals surface area contributed by atoms with Crippen molar-refractivity contribution in [1.29, 1.82) is 0 Å². The average Bonchev–Trinajstić information content (AvgIpc) is 2.48. The third-order valence-corrected chi connectivity index (χ3v) is 2.67. The van der Waals surface area contributed by atoms with Crippen molar-refractivity contribution in [3.05, 3.63) is 54.0 Å². The molecule has 0 unspecified atom stereocenters. The van der Waals surface area contributed by atoms with Gasteiger partial charge < -0.3 is 10.6 Å². The van der Waals surface area contributed by atoms with Gasteiger partial charge in [-0.3, -0.25) is 9.78 Å². The van der Waals surface area contributed by atoms with E-state index in [0.717, 1.165) is 11.5 Å². The molecule has 0 bridgehead atoms. The van der Waals surface area contributed by atoms with Crippen LogP contribution < -0.4 is 10.6 Å². The zero-order valence-electron chi connectivity index (χ0n) is 10.8. The second-order valence-electron chi connectivity index (χ2n) is 4.01. The molecule has 0 aliphatic rings. The minimum Gasteiger partial charge on any atom is -0.373 e. The van der Waals surface area contributed by atoms with Gasteiger partial charge in [-0.2, -0.15) is 0 Å². The Morgan fingerprint density at radius 2 is 2.11 bits per heavy atom. The van der Waals surface area contributed by atoms with Gasteiger partial charge in [-0.1, -0.05) is 6.07 Å². The van der Waals surface area contributed by atoms with Crippen molar-refractivity contribution in [2.24, 2.45) is 0 Å². The summed E-state index contributed by atoms with van der Waals surface area (Å²) in [6.45, 7) is 0.559. The number of anilines is 1. The molecule has 0 spiro atoms. The summed E-state index contributed by atoms with van der Waals surface area (Å²) < 4.78 is 0. The van der Waals surface area contributed by atoms with Crippen LogP contribution in [-0.4, -0.2) is 29.5 Å². The Balaban J connectivity index is 1.84. The molecule has 0 fully saturated rings. The van der Waals surface area contributed by atoms with Crippen molar-refractivity contribution >= 4 is 11.7 Å².